The first kappa shape index (κ1) is 7.33. The average Bonchev–Trinajstić information content (AvgIpc) is 2.01. The molecule has 1 radical (unpaired) electrons. The Balaban J connectivity index is 2.40. The normalized spacial score (nSPS) is 28.8. The molecule has 1 rings (SSSR count). The lowest BCUT2D eigenvalue weighted by Gasteiger charge is -1.92. The molecule has 0 aromatic carbocycles. The molecule has 0 bridgehead atoms. The standard InChI is InChI=1S/C10H13/c1-2-4-6-8-10-9-7-5-3-1/h1-6,9H,7-8,10H2/b2-1-,5-3+,6-4+. The second kappa shape index (κ2) is 5.04. The molecule has 0 unspecified atom stereocenters. The van der Waals surface area contributed by atoms with Crippen molar-refractivity contribution in [2.45, 2.75) is 19.3 Å². The number of hydrogen-bond donors (Lipinski definition) is 0. The monoisotopic (exact) mass is 133 g/mol. The van der Waals surface area contributed by atoms with Crippen LogP contribution in [0.5, 0.6) is 0 Å². The fraction of sp³-hybridized carbons (Fsp3) is 0.300. The van der Waals surface area contributed by atoms with E-state index in [1.807, 2.05) is 0 Å². The summed E-state index contributed by atoms with van der Waals surface area (Å²) in [5, 5.41) is 0. The summed E-state index contributed by atoms with van der Waals surface area (Å²) in [4.78, 5) is 0. The molecule has 0 heterocycles. The van der Waals surface area contributed by atoms with Crippen molar-refractivity contribution in [3.63, 3.8) is 0 Å². The first-order valence-corrected chi connectivity index (χ1v) is 3.80. The topological polar surface area (TPSA) is 0 Å². The van der Waals surface area contributed by atoms with E-state index in [0.717, 1.165) is 6.42 Å². The number of hydrogen-bond acceptors (Lipinski definition) is 0. The maximum Gasteiger partial charge on any atom is -0.0316 e. The van der Waals surface area contributed by atoms with Crippen molar-refractivity contribution >= 4 is 0 Å². The first-order chi connectivity index (χ1) is 5.00. The summed E-state index contributed by atoms with van der Waals surface area (Å²) in [6.45, 7) is 0. The van der Waals surface area contributed by atoms with Gasteiger partial charge in [-0.3, -0.25) is 0 Å². The molecule has 0 fully saturated rings. The van der Waals surface area contributed by atoms with E-state index >= 15 is 0 Å². The van der Waals surface area contributed by atoms with Gasteiger partial charge < -0.3 is 0 Å². The van der Waals surface area contributed by atoms with Crippen LogP contribution in [0.4, 0.5) is 0 Å². The third kappa shape index (κ3) is 3.29. The van der Waals surface area contributed by atoms with E-state index < -0.39 is 0 Å². The highest BCUT2D eigenvalue weighted by atomic mass is 13.9. The molecule has 0 saturated heterocycles. The van der Waals surface area contributed by atoms with Gasteiger partial charge >= 0.3 is 0 Å². The van der Waals surface area contributed by atoms with Crippen molar-refractivity contribution in [3.05, 3.63) is 42.9 Å². The van der Waals surface area contributed by atoms with E-state index in [0.29, 0.717) is 0 Å². The average molecular weight is 133 g/mol. The van der Waals surface area contributed by atoms with Crippen LogP contribution in [-0.2, 0) is 0 Å². The molecule has 0 aromatic heterocycles. The van der Waals surface area contributed by atoms with Gasteiger partial charge in [0.15, 0.2) is 0 Å². The van der Waals surface area contributed by atoms with Crippen molar-refractivity contribution in [1.29, 1.82) is 0 Å². The molecule has 0 heteroatoms. The first-order valence-electron chi connectivity index (χ1n) is 3.80. The summed E-state index contributed by atoms with van der Waals surface area (Å²) < 4.78 is 0. The zero-order valence-corrected chi connectivity index (χ0v) is 6.16. The fourth-order valence-electron chi connectivity index (χ4n) is 0.888. The van der Waals surface area contributed by atoms with E-state index in [4.69, 9.17) is 0 Å². The van der Waals surface area contributed by atoms with Gasteiger partial charge in [-0.05, 0) is 25.7 Å². The minimum atomic E-state index is 1.11. The molecule has 10 heavy (non-hydrogen) atoms. The minimum absolute atomic E-state index is 1.11. The molecule has 0 N–H and O–H groups in total. The van der Waals surface area contributed by atoms with Gasteiger partial charge in [-0.2, -0.15) is 0 Å². The van der Waals surface area contributed by atoms with E-state index in [9.17, 15) is 0 Å². The Kier molecular flexibility index (Phi) is 3.69. The summed E-state index contributed by atoms with van der Waals surface area (Å²) in [5.41, 5.74) is 0. The molecule has 0 amide bonds. The van der Waals surface area contributed by atoms with Gasteiger partial charge in [0.1, 0.15) is 0 Å². The molecular formula is C10H13. The van der Waals surface area contributed by atoms with Crippen LogP contribution in [0.2, 0.25) is 0 Å². The van der Waals surface area contributed by atoms with Gasteiger partial charge in [0, 0.05) is 0 Å². The molecular weight excluding hydrogens is 120 g/mol. The smallest absolute Gasteiger partial charge is 0.0316 e. The predicted molar refractivity (Wildman–Crippen MR) is 45.6 cm³/mol. The van der Waals surface area contributed by atoms with Gasteiger partial charge in [0.25, 0.3) is 0 Å². The van der Waals surface area contributed by atoms with Crippen molar-refractivity contribution in [2.24, 2.45) is 0 Å². The van der Waals surface area contributed by atoms with Gasteiger partial charge in [0.2, 0.25) is 0 Å². The minimum Gasteiger partial charge on any atom is -0.0845 e. The highest BCUT2D eigenvalue weighted by Crippen LogP contribution is 2.01. The molecule has 1 aliphatic carbocycles. The maximum atomic E-state index is 2.31. The van der Waals surface area contributed by atoms with Crippen LogP contribution in [0.1, 0.15) is 19.3 Å². The zero-order valence-electron chi connectivity index (χ0n) is 6.16. The Hall–Kier alpha value is -0.780. The SMILES string of the molecule is [CH]1C/C=C/C=C\C=C\CC1. The van der Waals surface area contributed by atoms with Gasteiger partial charge in [-0.1, -0.05) is 36.5 Å². The van der Waals surface area contributed by atoms with Crippen molar-refractivity contribution in [1.82, 2.24) is 0 Å². The molecule has 0 spiro atoms. The highest BCUT2D eigenvalue weighted by molar-refractivity contribution is 5.12. The summed E-state index contributed by atoms with van der Waals surface area (Å²) in [5.74, 6) is 0. The second-order valence-corrected chi connectivity index (χ2v) is 2.34. The quantitative estimate of drug-likeness (QED) is 0.476. The zero-order chi connectivity index (χ0) is 7.07. The third-order valence-corrected chi connectivity index (χ3v) is 1.45. The van der Waals surface area contributed by atoms with Gasteiger partial charge in [0.05, 0.1) is 0 Å². The summed E-state index contributed by atoms with van der Waals surface area (Å²) in [6.07, 6.45) is 18.5. The molecule has 0 nitrogen and oxygen atoms in total. The van der Waals surface area contributed by atoms with Crippen LogP contribution in [-0.4, -0.2) is 0 Å². The number of allylic oxidation sites excluding steroid dienone is 6. The Morgan fingerprint density at radius 2 is 1.50 bits per heavy atom. The summed E-state index contributed by atoms with van der Waals surface area (Å²) in [6, 6.07) is 0. The van der Waals surface area contributed by atoms with Gasteiger partial charge in [-0.25, -0.2) is 0 Å². The summed E-state index contributed by atoms with van der Waals surface area (Å²) in [7, 11) is 0. The molecule has 1 aliphatic rings. The van der Waals surface area contributed by atoms with Gasteiger partial charge in [-0.15, -0.1) is 0 Å². The van der Waals surface area contributed by atoms with Crippen LogP contribution < -0.4 is 0 Å². The Bertz CT molecular complexity index is 131. The highest BCUT2D eigenvalue weighted by Gasteiger charge is 1.83. The Morgan fingerprint density at radius 3 is 2.40 bits per heavy atom. The van der Waals surface area contributed by atoms with Crippen molar-refractivity contribution in [3.8, 4) is 0 Å². The van der Waals surface area contributed by atoms with E-state index in [1.165, 1.54) is 12.8 Å². The van der Waals surface area contributed by atoms with Crippen LogP contribution in [0.3, 0.4) is 0 Å². The van der Waals surface area contributed by atoms with Crippen LogP contribution >= 0.6 is 0 Å². The third-order valence-electron chi connectivity index (χ3n) is 1.45. The summed E-state index contributed by atoms with van der Waals surface area (Å²) >= 11 is 0. The maximum absolute atomic E-state index is 2.31. The lowest BCUT2D eigenvalue weighted by Crippen LogP contribution is -1.74. The Morgan fingerprint density at radius 1 is 0.700 bits per heavy atom. The van der Waals surface area contributed by atoms with Crippen LogP contribution in [0.15, 0.2) is 36.5 Å². The molecule has 0 aromatic rings. The molecule has 53 valence electrons. The van der Waals surface area contributed by atoms with Crippen LogP contribution in [0, 0.1) is 6.42 Å². The second-order valence-electron chi connectivity index (χ2n) is 2.34. The van der Waals surface area contributed by atoms with E-state index in [1.54, 1.807) is 0 Å². The predicted octanol–water partition coefficient (Wildman–Crippen LogP) is 3.04. The van der Waals surface area contributed by atoms with Crippen molar-refractivity contribution < 1.29 is 0 Å². The molecule has 0 aliphatic heterocycles. The van der Waals surface area contributed by atoms with E-state index in [-0.39, 0.29) is 0 Å². The molecule has 0 saturated carbocycles. The lowest BCUT2D eigenvalue weighted by atomic mass is 10.1. The molecule has 0 atom stereocenters. The largest absolute Gasteiger partial charge is 0.0845 e. The lowest BCUT2D eigenvalue weighted by molar-refractivity contribution is 0.933. The van der Waals surface area contributed by atoms with E-state index in [2.05, 4.69) is 42.9 Å². The fourth-order valence-corrected chi connectivity index (χ4v) is 0.888. The number of rotatable bonds is 0. The van der Waals surface area contributed by atoms with Crippen molar-refractivity contribution in [2.75, 3.05) is 0 Å². The Labute approximate surface area is 62.9 Å². The van der Waals surface area contributed by atoms with Crippen LogP contribution in [0.25, 0.3) is 0 Å².